The zero-order valence-corrected chi connectivity index (χ0v) is 24.1. The maximum Gasteiger partial charge on any atom is 0.267 e. The molecule has 2 aliphatic heterocycles. The number of carbonyl (C=O) groups is 1. The summed E-state index contributed by atoms with van der Waals surface area (Å²) in [7, 11) is -4.22. The van der Waals surface area contributed by atoms with Crippen molar-refractivity contribution in [1.82, 2.24) is 20.6 Å². The number of nitrogens with one attached hydrogen (secondary N) is 2. The molecule has 5 rings (SSSR count). The molecule has 2 fully saturated rings. The number of aromatic nitrogens is 2. The number of thiazole rings is 1. The standard InChI is InChI=1S/C27H32F2N6O4S2/c1-16(17-4-3-11-32-14-17)39-22-8-7-19(15-33-22)41(37,38)35(18-9-12-31-13-10-18)27-34-26(30)25(40-27)24(36)23-20(28)5-2-6-21(23)29/h2,5-8,15-18,31-32H,3-4,9-14,30H2,1H3/t16?,17-/m0/s1. The highest BCUT2D eigenvalue weighted by Gasteiger charge is 2.37. The van der Waals surface area contributed by atoms with E-state index in [0.717, 1.165) is 48.4 Å². The Bertz CT molecular complexity index is 1470. The lowest BCUT2D eigenvalue weighted by molar-refractivity contribution is 0.103. The maximum atomic E-state index is 14.4. The van der Waals surface area contributed by atoms with Crippen LogP contribution in [0.5, 0.6) is 5.88 Å². The fraction of sp³-hybridized carbons (Fsp3) is 0.444. The summed E-state index contributed by atoms with van der Waals surface area (Å²) in [6.07, 6.45) is 4.20. The number of carbonyl (C=O) groups excluding carboxylic acids is 1. The number of piperidine rings is 2. The van der Waals surface area contributed by atoms with Gasteiger partial charge in [-0.25, -0.2) is 31.5 Å². The lowest BCUT2D eigenvalue weighted by Gasteiger charge is -2.33. The summed E-state index contributed by atoms with van der Waals surface area (Å²) in [6, 6.07) is 5.53. The molecule has 1 unspecified atom stereocenters. The van der Waals surface area contributed by atoms with Crippen LogP contribution in [0.4, 0.5) is 19.7 Å². The van der Waals surface area contributed by atoms with Crippen molar-refractivity contribution in [3.63, 3.8) is 0 Å². The van der Waals surface area contributed by atoms with E-state index < -0.39 is 39.0 Å². The van der Waals surface area contributed by atoms with Crippen LogP contribution in [-0.4, -0.2) is 62.5 Å². The molecule has 1 aromatic carbocycles. The fourth-order valence-electron chi connectivity index (χ4n) is 5.17. The second kappa shape index (κ2) is 12.3. The molecule has 3 aromatic rings. The van der Waals surface area contributed by atoms with Crippen molar-refractivity contribution in [3.8, 4) is 5.88 Å². The van der Waals surface area contributed by atoms with E-state index in [4.69, 9.17) is 10.5 Å². The number of rotatable bonds is 9. The molecule has 0 spiro atoms. The Morgan fingerprint density at radius 3 is 2.49 bits per heavy atom. The van der Waals surface area contributed by atoms with Crippen molar-refractivity contribution in [3.05, 3.63) is 58.6 Å². The van der Waals surface area contributed by atoms with Crippen LogP contribution >= 0.6 is 11.3 Å². The molecule has 0 aliphatic carbocycles. The number of hydrogen-bond acceptors (Lipinski definition) is 10. The molecule has 4 heterocycles. The molecule has 0 amide bonds. The highest BCUT2D eigenvalue weighted by atomic mass is 32.2. The van der Waals surface area contributed by atoms with Crippen LogP contribution < -0.4 is 25.4 Å². The lowest BCUT2D eigenvalue weighted by Crippen LogP contribution is -2.46. The van der Waals surface area contributed by atoms with E-state index in [0.29, 0.717) is 49.1 Å². The number of ether oxygens (including phenoxy) is 1. The third-order valence-corrected chi connectivity index (χ3v) is 10.4. The summed E-state index contributed by atoms with van der Waals surface area (Å²) in [5.41, 5.74) is 5.25. The zero-order chi connectivity index (χ0) is 29.1. The quantitative estimate of drug-likeness (QED) is 0.313. The molecule has 41 heavy (non-hydrogen) atoms. The second-order valence-electron chi connectivity index (χ2n) is 10.2. The molecular weight excluding hydrogens is 574 g/mol. The predicted molar refractivity (Wildman–Crippen MR) is 152 cm³/mol. The minimum absolute atomic E-state index is 0.0618. The highest BCUT2D eigenvalue weighted by molar-refractivity contribution is 7.93. The number of nitrogens with zero attached hydrogens (tertiary/aromatic N) is 3. The Hall–Kier alpha value is -3.20. The van der Waals surface area contributed by atoms with Crippen LogP contribution in [0.2, 0.25) is 0 Å². The van der Waals surface area contributed by atoms with E-state index in [1.807, 2.05) is 6.92 Å². The molecule has 0 radical (unpaired) electrons. The van der Waals surface area contributed by atoms with E-state index >= 15 is 0 Å². The molecule has 0 bridgehead atoms. The van der Waals surface area contributed by atoms with Gasteiger partial charge in [0.25, 0.3) is 10.0 Å². The number of halogens is 2. The molecule has 2 aromatic heterocycles. The van der Waals surface area contributed by atoms with Crippen LogP contribution in [-0.2, 0) is 10.0 Å². The number of ketones is 1. The van der Waals surface area contributed by atoms with Gasteiger partial charge in [-0.1, -0.05) is 17.4 Å². The summed E-state index contributed by atoms with van der Waals surface area (Å²) < 4.78 is 63.9. The fourth-order valence-corrected chi connectivity index (χ4v) is 7.99. The summed E-state index contributed by atoms with van der Waals surface area (Å²) in [5, 5.41) is 6.49. The number of nitrogens with two attached hydrogens (primary N) is 1. The first kappa shape index (κ1) is 29.3. The number of anilines is 2. The van der Waals surface area contributed by atoms with Gasteiger partial charge in [0, 0.05) is 18.5 Å². The highest BCUT2D eigenvalue weighted by Crippen LogP contribution is 2.37. The van der Waals surface area contributed by atoms with Gasteiger partial charge in [0.2, 0.25) is 16.8 Å². The van der Waals surface area contributed by atoms with E-state index in [2.05, 4.69) is 20.6 Å². The molecule has 10 nitrogen and oxygen atoms in total. The molecule has 4 N–H and O–H groups in total. The number of hydrogen-bond donors (Lipinski definition) is 3. The van der Waals surface area contributed by atoms with E-state index in [-0.39, 0.29) is 26.8 Å². The third kappa shape index (κ3) is 6.20. The van der Waals surface area contributed by atoms with Gasteiger partial charge < -0.3 is 21.1 Å². The van der Waals surface area contributed by atoms with E-state index in [1.54, 1.807) is 0 Å². The van der Waals surface area contributed by atoms with Crippen molar-refractivity contribution in [2.45, 2.75) is 49.6 Å². The Labute approximate surface area is 241 Å². The SMILES string of the molecule is CC(Oc1ccc(S(=O)(=O)N(c2nc(N)c(C(=O)c3c(F)cccc3F)s2)C2CCNCC2)cn1)[C@H]1CCCNC1. The average molecular weight is 607 g/mol. The molecule has 14 heteroatoms. The van der Waals surface area contributed by atoms with Gasteiger partial charge in [-0.2, -0.15) is 0 Å². The maximum absolute atomic E-state index is 14.4. The van der Waals surface area contributed by atoms with Crippen molar-refractivity contribution >= 4 is 38.1 Å². The van der Waals surface area contributed by atoms with Gasteiger partial charge >= 0.3 is 0 Å². The first-order valence-electron chi connectivity index (χ1n) is 13.5. The summed E-state index contributed by atoms with van der Waals surface area (Å²) in [6.45, 7) is 4.96. The van der Waals surface area contributed by atoms with Gasteiger partial charge in [0.15, 0.2) is 0 Å². The van der Waals surface area contributed by atoms with Gasteiger partial charge in [-0.05, 0) is 70.4 Å². The van der Waals surface area contributed by atoms with Crippen LogP contribution in [0.3, 0.4) is 0 Å². The number of nitrogen functional groups attached to an aromatic ring is 1. The predicted octanol–water partition coefficient (Wildman–Crippen LogP) is 3.34. The molecule has 2 aliphatic rings. The second-order valence-corrected chi connectivity index (χ2v) is 13.0. The Balaban J connectivity index is 1.45. The van der Waals surface area contributed by atoms with Crippen LogP contribution in [0.25, 0.3) is 0 Å². The van der Waals surface area contributed by atoms with Crippen LogP contribution in [0, 0.1) is 17.6 Å². The molecule has 2 atom stereocenters. The third-order valence-electron chi connectivity index (χ3n) is 7.44. The minimum Gasteiger partial charge on any atom is -0.474 e. The normalized spacial score (nSPS) is 19.0. The average Bonchev–Trinajstić information content (AvgIpc) is 3.34. The van der Waals surface area contributed by atoms with Crippen LogP contribution in [0.1, 0.15) is 47.8 Å². The number of sulfonamides is 1. The Kier molecular flexibility index (Phi) is 8.82. The molecule has 2 saturated heterocycles. The zero-order valence-electron chi connectivity index (χ0n) is 22.5. The lowest BCUT2D eigenvalue weighted by atomic mass is 9.95. The first-order chi connectivity index (χ1) is 19.7. The first-order valence-corrected chi connectivity index (χ1v) is 15.8. The molecular formula is C27H32F2N6O4S2. The van der Waals surface area contributed by atoms with Gasteiger partial charge in [-0.3, -0.25) is 4.79 Å². The van der Waals surface area contributed by atoms with Crippen molar-refractivity contribution in [1.29, 1.82) is 0 Å². The summed E-state index contributed by atoms with van der Waals surface area (Å²) >= 11 is 0.687. The topological polar surface area (TPSA) is 140 Å². The van der Waals surface area contributed by atoms with E-state index in [1.165, 1.54) is 18.3 Å². The number of benzene rings is 1. The largest absolute Gasteiger partial charge is 0.474 e. The van der Waals surface area contributed by atoms with Gasteiger partial charge in [0.05, 0.1) is 17.8 Å². The number of pyridine rings is 1. The monoisotopic (exact) mass is 606 g/mol. The van der Waals surface area contributed by atoms with Gasteiger partial charge in [-0.15, -0.1) is 0 Å². The van der Waals surface area contributed by atoms with Crippen molar-refractivity contribution in [2.24, 2.45) is 5.92 Å². The van der Waals surface area contributed by atoms with Crippen LogP contribution in [0.15, 0.2) is 41.4 Å². The van der Waals surface area contributed by atoms with E-state index in [9.17, 15) is 22.0 Å². The minimum atomic E-state index is -4.22. The smallest absolute Gasteiger partial charge is 0.267 e. The van der Waals surface area contributed by atoms with Crippen molar-refractivity contribution in [2.75, 3.05) is 36.2 Å². The summed E-state index contributed by atoms with van der Waals surface area (Å²) in [4.78, 5) is 21.2. The Morgan fingerprint density at radius 2 is 1.85 bits per heavy atom. The molecule has 0 saturated carbocycles. The van der Waals surface area contributed by atoms with Crippen molar-refractivity contribution < 1.29 is 26.7 Å². The van der Waals surface area contributed by atoms with Gasteiger partial charge in [0.1, 0.15) is 33.3 Å². The Morgan fingerprint density at radius 1 is 1.12 bits per heavy atom. The summed E-state index contributed by atoms with van der Waals surface area (Å²) in [5.74, 6) is -2.76. The molecule has 220 valence electrons.